The fourth-order valence-electron chi connectivity index (χ4n) is 4.38. The minimum absolute atomic E-state index is 0.108. The molecule has 0 radical (unpaired) electrons. The second-order valence-electron chi connectivity index (χ2n) is 9.68. The summed E-state index contributed by atoms with van der Waals surface area (Å²) in [6, 6.07) is 16.3. The highest BCUT2D eigenvalue weighted by molar-refractivity contribution is 7.12. The quantitative estimate of drug-likeness (QED) is 0.245. The number of thiophene rings is 1. The number of carbonyl (C=O) groups excluding carboxylic acids is 2. The number of nitrogens with zero attached hydrogens (tertiary/aromatic N) is 2. The summed E-state index contributed by atoms with van der Waals surface area (Å²) in [6.07, 6.45) is -1.96. The van der Waals surface area contributed by atoms with Crippen molar-refractivity contribution in [2.24, 2.45) is 5.92 Å². The van der Waals surface area contributed by atoms with Crippen LogP contribution in [0, 0.1) is 5.92 Å². The lowest BCUT2D eigenvalue weighted by molar-refractivity contribution is -0.137. The molecule has 0 bridgehead atoms. The first kappa shape index (κ1) is 27.4. The number of rotatable bonds is 10. The predicted molar refractivity (Wildman–Crippen MR) is 144 cm³/mol. The first-order valence-electron chi connectivity index (χ1n) is 12.4. The van der Waals surface area contributed by atoms with Crippen LogP contribution in [0.15, 0.2) is 72.2 Å². The van der Waals surface area contributed by atoms with Crippen molar-refractivity contribution in [3.05, 3.63) is 93.8 Å². The Labute approximate surface area is 223 Å². The van der Waals surface area contributed by atoms with Gasteiger partial charge in [0.15, 0.2) is 0 Å². The number of nitrogens with one attached hydrogen (secondary N) is 1. The Morgan fingerprint density at radius 3 is 2.37 bits per heavy atom. The molecule has 4 aromatic rings. The van der Waals surface area contributed by atoms with Gasteiger partial charge in [0.1, 0.15) is 6.54 Å². The van der Waals surface area contributed by atoms with Gasteiger partial charge in [0, 0.05) is 36.7 Å². The maximum atomic E-state index is 13.6. The standard InChI is InChI=1S/C29H30F3N3O2S/c1-20(2)17-35(28(37)26-8-5-15-38-26)19-27(36)34(18-21-9-11-23(12-10-21)29(30,31)32)14-13-22-16-33-25-7-4-3-6-24(22)25/h3-12,15-16,20,33H,13-14,17-19H2,1-2H3. The molecule has 2 aromatic carbocycles. The van der Waals surface area contributed by atoms with Gasteiger partial charge in [0.05, 0.1) is 10.4 Å². The molecular weight excluding hydrogens is 511 g/mol. The summed E-state index contributed by atoms with van der Waals surface area (Å²) in [5, 5.41) is 2.88. The van der Waals surface area contributed by atoms with Gasteiger partial charge in [-0.05, 0) is 53.1 Å². The molecule has 0 fully saturated rings. The van der Waals surface area contributed by atoms with Crippen LogP contribution >= 0.6 is 11.3 Å². The molecule has 2 aromatic heterocycles. The van der Waals surface area contributed by atoms with Crippen LogP contribution in [0.1, 0.15) is 40.2 Å². The second kappa shape index (κ2) is 11.9. The predicted octanol–water partition coefficient (Wildman–Crippen LogP) is 6.62. The van der Waals surface area contributed by atoms with Gasteiger partial charge in [-0.15, -0.1) is 11.3 Å². The number of carbonyl (C=O) groups is 2. The maximum absolute atomic E-state index is 13.6. The van der Waals surface area contributed by atoms with E-state index >= 15 is 0 Å². The van der Waals surface area contributed by atoms with Gasteiger partial charge in [-0.1, -0.05) is 50.2 Å². The summed E-state index contributed by atoms with van der Waals surface area (Å²) in [4.78, 5) is 33.7. The van der Waals surface area contributed by atoms with E-state index in [0.29, 0.717) is 30.0 Å². The van der Waals surface area contributed by atoms with Crippen LogP contribution in [0.5, 0.6) is 0 Å². The Hall–Kier alpha value is -3.59. The van der Waals surface area contributed by atoms with E-state index in [0.717, 1.165) is 28.6 Å². The molecule has 0 aliphatic carbocycles. The van der Waals surface area contributed by atoms with Gasteiger partial charge in [-0.2, -0.15) is 13.2 Å². The number of hydrogen-bond acceptors (Lipinski definition) is 3. The zero-order chi connectivity index (χ0) is 27.3. The van der Waals surface area contributed by atoms with Crippen molar-refractivity contribution >= 4 is 34.1 Å². The van der Waals surface area contributed by atoms with E-state index in [-0.39, 0.29) is 30.8 Å². The van der Waals surface area contributed by atoms with Crippen LogP contribution in [0.4, 0.5) is 13.2 Å². The van der Waals surface area contributed by atoms with Crippen molar-refractivity contribution < 1.29 is 22.8 Å². The molecule has 0 spiro atoms. The molecule has 0 atom stereocenters. The molecule has 2 amide bonds. The van der Waals surface area contributed by atoms with Crippen LogP contribution in [0.25, 0.3) is 10.9 Å². The van der Waals surface area contributed by atoms with E-state index in [1.807, 2.05) is 49.7 Å². The first-order valence-corrected chi connectivity index (χ1v) is 13.3. The Balaban J connectivity index is 1.55. The molecule has 200 valence electrons. The van der Waals surface area contributed by atoms with Crippen LogP contribution < -0.4 is 0 Å². The Bertz CT molecular complexity index is 1360. The minimum Gasteiger partial charge on any atom is -0.361 e. The third kappa shape index (κ3) is 6.83. The molecule has 2 heterocycles. The average molecular weight is 542 g/mol. The van der Waals surface area contributed by atoms with E-state index in [2.05, 4.69) is 4.98 Å². The van der Waals surface area contributed by atoms with Crippen molar-refractivity contribution in [2.45, 2.75) is 33.0 Å². The number of hydrogen-bond donors (Lipinski definition) is 1. The molecular formula is C29H30F3N3O2S. The molecule has 38 heavy (non-hydrogen) atoms. The van der Waals surface area contributed by atoms with Gasteiger partial charge in [-0.25, -0.2) is 0 Å². The van der Waals surface area contributed by atoms with Crippen molar-refractivity contribution in [1.29, 1.82) is 0 Å². The number of alkyl halides is 3. The molecule has 0 unspecified atom stereocenters. The fourth-order valence-corrected chi connectivity index (χ4v) is 5.08. The van der Waals surface area contributed by atoms with Crippen molar-refractivity contribution in [2.75, 3.05) is 19.6 Å². The van der Waals surface area contributed by atoms with Crippen LogP contribution in [-0.4, -0.2) is 46.2 Å². The van der Waals surface area contributed by atoms with Crippen LogP contribution in [0.2, 0.25) is 0 Å². The third-order valence-electron chi connectivity index (χ3n) is 6.26. The van der Waals surface area contributed by atoms with Crippen molar-refractivity contribution in [1.82, 2.24) is 14.8 Å². The number of aromatic amines is 1. The first-order chi connectivity index (χ1) is 18.1. The second-order valence-corrected chi connectivity index (χ2v) is 10.6. The molecule has 0 aliphatic heterocycles. The highest BCUT2D eigenvalue weighted by Gasteiger charge is 2.30. The summed E-state index contributed by atoms with van der Waals surface area (Å²) < 4.78 is 39.2. The normalized spacial score (nSPS) is 11.7. The van der Waals surface area contributed by atoms with E-state index in [1.165, 1.54) is 23.5 Å². The lowest BCUT2D eigenvalue weighted by Gasteiger charge is -2.29. The molecule has 9 heteroatoms. The lowest BCUT2D eigenvalue weighted by atomic mass is 10.1. The highest BCUT2D eigenvalue weighted by atomic mass is 32.1. The number of halogens is 3. The number of benzene rings is 2. The largest absolute Gasteiger partial charge is 0.416 e. The number of fused-ring (bicyclic) bond motifs is 1. The van der Waals surface area contributed by atoms with Gasteiger partial charge in [0.2, 0.25) is 5.91 Å². The monoisotopic (exact) mass is 541 g/mol. The zero-order valence-corrected chi connectivity index (χ0v) is 22.1. The molecule has 0 saturated heterocycles. The molecule has 1 N–H and O–H groups in total. The van der Waals surface area contributed by atoms with Gasteiger partial charge in [0.25, 0.3) is 5.91 Å². The fraction of sp³-hybridized carbons (Fsp3) is 0.310. The molecule has 0 aliphatic rings. The summed E-state index contributed by atoms with van der Waals surface area (Å²) in [5.74, 6) is -0.301. The number of amides is 2. The number of aromatic nitrogens is 1. The maximum Gasteiger partial charge on any atom is 0.416 e. The number of H-pyrrole nitrogens is 1. The summed E-state index contributed by atoms with van der Waals surface area (Å²) >= 11 is 1.33. The third-order valence-corrected chi connectivity index (χ3v) is 7.12. The topological polar surface area (TPSA) is 56.4 Å². The lowest BCUT2D eigenvalue weighted by Crippen LogP contribution is -2.44. The van der Waals surface area contributed by atoms with Gasteiger partial charge >= 0.3 is 6.18 Å². The molecule has 4 rings (SSSR count). The smallest absolute Gasteiger partial charge is 0.361 e. The minimum atomic E-state index is -4.43. The Morgan fingerprint density at radius 1 is 0.974 bits per heavy atom. The molecule has 0 saturated carbocycles. The Morgan fingerprint density at radius 2 is 1.71 bits per heavy atom. The van der Waals surface area contributed by atoms with E-state index < -0.39 is 11.7 Å². The van der Waals surface area contributed by atoms with Crippen molar-refractivity contribution in [3.63, 3.8) is 0 Å². The SMILES string of the molecule is CC(C)CN(CC(=O)N(CCc1c[nH]c2ccccc12)Cc1ccc(C(F)(F)F)cc1)C(=O)c1cccs1. The molecule has 5 nitrogen and oxygen atoms in total. The van der Waals surface area contributed by atoms with E-state index in [4.69, 9.17) is 0 Å². The van der Waals surface area contributed by atoms with Crippen LogP contribution in [0.3, 0.4) is 0 Å². The van der Waals surface area contributed by atoms with Gasteiger partial charge < -0.3 is 14.8 Å². The summed E-state index contributed by atoms with van der Waals surface area (Å²) in [6.45, 7) is 4.77. The van der Waals surface area contributed by atoms with E-state index in [1.54, 1.807) is 21.9 Å². The van der Waals surface area contributed by atoms with Gasteiger partial charge in [-0.3, -0.25) is 9.59 Å². The van der Waals surface area contributed by atoms with Crippen molar-refractivity contribution in [3.8, 4) is 0 Å². The van der Waals surface area contributed by atoms with E-state index in [9.17, 15) is 22.8 Å². The summed E-state index contributed by atoms with van der Waals surface area (Å²) in [5.41, 5.74) is 1.89. The van der Waals surface area contributed by atoms with Crippen LogP contribution in [-0.2, 0) is 23.9 Å². The number of para-hydroxylation sites is 1. The zero-order valence-electron chi connectivity index (χ0n) is 21.3. The highest BCUT2D eigenvalue weighted by Crippen LogP contribution is 2.29. The Kier molecular flexibility index (Phi) is 8.56. The summed E-state index contributed by atoms with van der Waals surface area (Å²) in [7, 11) is 0. The average Bonchev–Trinajstić information content (AvgIpc) is 3.56.